The molecule has 2 N–H and O–H groups in total. The molecule has 2 aliphatic rings. The van der Waals surface area contributed by atoms with Crippen molar-refractivity contribution in [1.29, 1.82) is 0 Å². The molecule has 0 radical (unpaired) electrons. The predicted octanol–water partition coefficient (Wildman–Crippen LogP) is 2.42. The van der Waals surface area contributed by atoms with Gasteiger partial charge in [-0.05, 0) is 48.6 Å². The van der Waals surface area contributed by atoms with E-state index in [2.05, 4.69) is 16.8 Å². The van der Waals surface area contributed by atoms with Crippen molar-refractivity contribution in [2.45, 2.75) is 25.3 Å². The van der Waals surface area contributed by atoms with Crippen molar-refractivity contribution in [3.05, 3.63) is 52.0 Å². The topological polar surface area (TPSA) is 33.5 Å². The Morgan fingerprint density at radius 1 is 1.26 bits per heavy atom. The van der Waals surface area contributed by atoms with Gasteiger partial charge in [0.2, 0.25) is 0 Å². The van der Waals surface area contributed by atoms with Crippen LogP contribution in [0.5, 0.6) is 0 Å². The molecule has 1 saturated carbocycles. The summed E-state index contributed by atoms with van der Waals surface area (Å²) in [5.41, 5.74) is 2.13. The molecule has 1 amide bonds. The second-order valence-corrected chi connectivity index (χ2v) is 7.50. The van der Waals surface area contributed by atoms with E-state index in [1.54, 1.807) is 12.1 Å². The Bertz CT molecular complexity index is 708. The summed E-state index contributed by atoms with van der Waals surface area (Å²) in [4.78, 5) is 15.3. The first kappa shape index (κ1) is 14.8. The van der Waals surface area contributed by atoms with Crippen LogP contribution in [-0.2, 0) is 11.2 Å². The standard InChI is InChI=1S/C18H19FN2OS/c19-13-3-5-14(6-4-13)20-17(22)11-21-9-7-16-15(8-10-23-16)18(21)12-1-2-12/h3-6,8,10,12,18H,1-2,7,9,11H2,(H,20,22)/p+1/t18-/m0/s1. The Labute approximate surface area is 139 Å². The number of carbonyl (C=O) groups is 1. The molecule has 2 atom stereocenters. The van der Waals surface area contributed by atoms with Crippen LogP contribution >= 0.6 is 11.3 Å². The second-order valence-electron chi connectivity index (χ2n) is 6.50. The molecule has 0 saturated heterocycles. The fraction of sp³-hybridized carbons (Fsp3) is 0.389. The minimum atomic E-state index is -0.288. The molecule has 1 fully saturated rings. The number of carbonyl (C=O) groups excluding carboxylic acids is 1. The molecule has 1 aliphatic heterocycles. The van der Waals surface area contributed by atoms with Crippen LogP contribution in [0.15, 0.2) is 35.7 Å². The van der Waals surface area contributed by atoms with Gasteiger partial charge in [-0.25, -0.2) is 4.39 Å². The highest BCUT2D eigenvalue weighted by atomic mass is 32.1. The average molecular weight is 331 g/mol. The number of thiophene rings is 1. The first-order valence-corrected chi connectivity index (χ1v) is 9.05. The summed E-state index contributed by atoms with van der Waals surface area (Å²) in [6.07, 6.45) is 3.63. The van der Waals surface area contributed by atoms with E-state index in [0.29, 0.717) is 18.3 Å². The van der Waals surface area contributed by atoms with Crippen LogP contribution in [0, 0.1) is 11.7 Å². The molecule has 2 heterocycles. The smallest absolute Gasteiger partial charge is 0.279 e. The summed E-state index contributed by atoms with van der Waals surface area (Å²) >= 11 is 1.85. The molecular weight excluding hydrogens is 311 g/mol. The number of hydrogen-bond acceptors (Lipinski definition) is 2. The number of anilines is 1. The summed E-state index contributed by atoms with van der Waals surface area (Å²) in [7, 11) is 0. The largest absolute Gasteiger partial charge is 0.321 e. The van der Waals surface area contributed by atoms with E-state index in [9.17, 15) is 9.18 Å². The minimum Gasteiger partial charge on any atom is -0.321 e. The third-order valence-electron chi connectivity index (χ3n) is 4.84. The molecule has 1 aromatic heterocycles. The molecule has 0 bridgehead atoms. The molecular formula is C18H20FN2OS+. The van der Waals surface area contributed by atoms with Gasteiger partial charge < -0.3 is 10.2 Å². The van der Waals surface area contributed by atoms with Gasteiger partial charge in [-0.2, -0.15) is 0 Å². The van der Waals surface area contributed by atoms with Gasteiger partial charge in [-0.1, -0.05) is 0 Å². The summed E-state index contributed by atoms with van der Waals surface area (Å²) in [5, 5.41) is 5.07. The first-order chi connectivity index (χ1) is 11.2. The van der Waals surface area contributed by atoms with Crippen LogP contribution in [-0.4, -0.2) is 19.0 Å². The minimum absolute atomic E-state index is 0.0101. The fourth-order valence-corrected chi connectivity index (χ4v) is 4.57. The van der Waals surface area contributed by atoms with E-state index in [1.807, 2.05) is 11.3 Å². The molecule has 3 nitrogen and oxygen atoms in total. The molecule has 2 aromatic rings. The molecule has 23 heavy (non-hydrogen) atoms. The molecule has 1 aliphatic carbocycles. The van der Waals surface area contributed by atoms with Gasteiger partial charge in [0.25, 0.3) is 5.91 Å². The van der Waals surface area contributed by atoms with Crippen molar-refractivity contribution in [2.75, 3.05) is 18.4 Å². The predicted molar refractivity (Wildman–Crippen MR) is 89.2 cm³/mol. The lowest BCUT2D eigenvalue weighted by molar-refractivity contribution is -0.928. The zero-order valence-corrected chi connectivity index (χ0v) is 13.7. The van der Waals surface area contributed by atoms with Crippen molar-refractivity contribution in [3.8, 4) is 0 Å². The molecule has 4 rings (SSSR count). The van der Waals surface area contributed by atoms with Gasteiger partial charge in [0.1, 0.15) is 11.9 Å². The maximum atomic E-state index is 12.9. The maximum Gasteiger partial charge on any atom is 0.279 e. The van der Waals surface area contributed by atoms with E-state index < -0.39 is 0 Å². The highest BCUT2D eigenvalue weighted by Crippen LogP contribution is 2.42. The van der Waals surface area contributed by atoms with Crippen LogP contribution in [0.3, 0.4) is 0 Å². The van der Waals surface area contributed by atoms with Crippen molar-refractivity contribution in [1.82, 2.24) is 0 Å². The van der Waals surface area contributed by atoms with Gasteiger partial charge in [-0.3, -0.25) is 4.79 Å². The zero-order valence-electron chi connectivity index (χ0n) is 12.8. The van der Waals surface area contributed by atoms with Gasteiger partial charge in [0.15, 0.2) is 6.54 Å². The molecule has 0 spiro atoms. The highest BCUT2D eigenvalue weighted by molar-refractivity contribution is 7.10. The van der Waals surface area contributed by atoms with E-state index in [1.165, 1.54) is 40.3 Å². The second kappa shape index (κ2) is 6.06. The quantitative estimate of drug-likeness (QED) is 0.886. The maximum absolute atomic E-state index is 12.9. The third-order valence-corrected chi connectivity index (χ3v) is 5.83. The number of quaternary nitrogens is 1. The zero-order chi connectivity index (χ0) is 15.8. The Balaban J connectivity index is 1.45. The number of fused-ring (bicyclic) bond motifs is 1. The monoisotopic (exact) mass is 331 g/mol. The summed E-state index contributed by atoms with van der Waals surface area (Å²) < 4.78 is 12.9. The number of halogens is 1. The number of rotatable bonds is 4. The van der Waals surface area contributed by atoms with E-state index >= 15 is 0 Å². The van der Waals surface area contributed by atoms with Crippen molar-refractivity contribution in [3.63, 3.8) is 0 Å². The summed E-state index contributed by atoms with van der Waals surface area (Å²) in [6, 6.07) is 8.67. The Hall–Kier alpha value is -1.72. The fourth-order valence-electron chi connectivity index (χ4n) is 3.64. The number of hydrogen-bond donors (Lipinski definition) is 2. The van der Waals surface area contributed by atoms with Crippen LogP contribution in [0.1, 0.15) is 29.3 Å². The normalized spacial score (nSPS) is 23.3. The first-order valence-electron chi connectivity index (χ1n) is 8.17. The van der Waals surface area contributed by atoms with Gasteiger partial charge in [0, 0.05) is 28.5 Å². The van der Waals surface area contributed by atoms with Gasteiger partial charge >= 0.3 is 0 Å². The SMILES string of the molecule is O=C(C[NH+]1CCc2sccc2[C@@H]1C1CC1)Nc1ccc(F)cc1. The van der Waals surface area contributed by atoms with Crippen molar-refractivity contribution < 1.29 is 14.1 Å². The lowest BCUT2D eigenvalue weighted by Crippen LogP contribution is -3.14. The Kier molecular flexibility index (Phi) is 3.91. The summed E-state index contributed by atoms with van der Waals surface area (Å²) in [6.45, 7) is 1.50. The number of benzene rings is 1. The molecule has 120 valence electrons. The van der Waals surface area contributed by atoms with E-state index in [0.717, 1.165) is 18.9 Å². The molecule has 1 aromatic carbocycles. The lowest BCUT2D eigenvalue weighted by Gasteiger charge is -2.32. The average Bonchev–Trinajstić information content (AvgIpc) is 3.26. The lowest BCUT2D eigenvalue weighted by atomic mass is 9.96. The molecule has 1 unspecified atom stereocenters. The number of amides is 1. The summed E-state index contributed by atoms with van der Waals surface area (Å²) in [5.74, 6) is 0.455. The Morgan fingerprint density at radius 2 is 2.04 bits per heavy atom. The van der Waals surface area contributed by atoms with Crippen LogP contribution in [0.25, 0.3) is 0 Å². The van der Waals surface area contributed by atoms with E-state index in [-0.39, 0.29) is 11.7 Å². The van der Waals surface area contributed by atoms with Crippen LogP contribution in [0.4, 0.5) is 10.1 Å². The highest BCUT2D eigenvalue weighted by Gasteiger charge is 2.43. The molecule has 5 heteroatoms. The van der Waals surface area contributed by atoms with Crippen molar-refractivity contribution >= 4 is 22.9 Å². The third kappa shape index (κ3) is 3.16. The van der Waals surface area contributed by atoms with Gasteiger partial charge in [0.05, 0.1) is 6.54 Å². The van der Waals surface area contributed by atoms with Gasteiger partial charge in [-0.15, -0.1) is 11.3 Å². The number of nitrogens with one attached hydrogen (secondary N) is 2. The van der Waals surface area contributed by atoms with Crippen LogP contribution in [0.2, 0.25) is 0 Å². The Morgan fingerprint density at radius 3 is 2.78 bits per heavy atom. The van der Waals surface area contributed by atoms with E-state index in [4.69, 9.17) is 0 Å². The van der Waals surface area contributed by atoms with Crippen molar-refractivity contribution in [2.24, 2.45) is 5.92 Å². The van der Waals surface area contributed by atoms with Crippen LogP contribution < -0.4 is 10.2 Å².